The first-order chi connectivity index (χ1) is 6.63. The van der Waals surface area contributed by atoms with Gasteiger partial charge in [0.25, 0.3) is 0 Å². The van der Waals surface area contributed by atoms with Crippen molar-refractivity contribution in [2.45, 2.75) is 19.8 Å². The molecule has 0 aromatic rings. The standard InChI is InChI=1S/C9H15NO4/c1-2-14-8(13)7(12)10-5-9(6-11)3-4-9/h11H,2-6H2,1H3,(H,10,12). The highest BCUT2D eigenvalue weighted by Gasteiger charge is 2.42. The lowest BCUT2D eigenvalue weighted by molar-refractivity contribution is -0.154. The van der Waals surface area contributed by atoms with E-state index >= 15 is 0 Å². The fourth-order valence-corrected chi connectivity index (χ4v) is 1.10. The number of aliphatic hydroxyl groups excluding tert-OH is 1. The highest BCUT2D eigenvalue weighted by molar-refractivity contribution is 6.32. The summed E-state index contributed by atoms with van der Waals surface area (Å²) in [5, 5.41) is 11.4. The molecule has 0 bridgehead atoms. The zero-order valence-corrected chi connectivity index (χ0v) is 8.21. The largest absolute Gasteiger partial charge is 0.459 e. The van der Waals surface area contributed by atoms with Crippen molar-refractivity contribution < 1.29 is 19.4 Å². The Hall–Kier alpha value is -1.10. The van der Waals surface area contributed by atoms with Gasteiger partial charge in [-0.2, -0.15) is 0 Å². The van der Waals surface area contributed by atoms with E-state index in [-0.39, 0.29) is 18.6 Å². The molecular formula is C9H15NO4. The maximum absolute atomic E-state index is 11.1. The Balaban J connectivity index is 2.24. The Kier molecular flexibility index (Phi) is 3.46. The number of carbonyl (C=O) groups is 2. The number of nitrogens with one attached hydrogen (secondary N) is 1. The van der Waals surface area contributed by atoms with Gasteiger partial charge < -0.3 is 15.2 Å². The topological polar surface area (TPSA) is 75.6 Å². The van der Waals surface area contributed by atoms with Crippen molar-refractivity contribution in [3.8, 4) is 0 Å². The van der Waals surface area contributed by atoms with Crippen LogP contribution < -0.4 is 5.32 Å². The molecule has 0 heterocycles. The van der Waals surface area contributed by atoms with Gasteiger partial charge in [-0.1, -0.05) is 0 Å². The van der Waals surface area contributed by atoms with Crippen molar-refractivity contribution >= 4 is 11.9 Å². The predicted molar refractivity (Wildman–Crippen MR) is 48.4 cm³/mol. The van der Waals surface area contributed by atoms with Crippen LogP contribution in [0.2, 0.25) is 0 Å². The summed E-state index contributed by atoms with van der Waals surface area (Å²) in [4.78, 5) is 21.9. The molecule has 0 radical (unpaired) electrons. The maximum Gasteiger partial charge on any atom is 0.396 e. The zero-order chi connectivity index (χ0) is 10.6. The minimum absolute atomic E-state index is 0.0517. The number of ether oxygens (including phenoxy) is 1. The van der Waals surface area contributed by atoms with Crippen molar-refractivity contribution in [2.24, 2.45) is 5.41 Å². The third kappa shape index (κ3) is 2.70. The van der Waals surface area contributed by atoms with Crippen LogP contribution in [-0.2, 0) is 14.3 Å². The minimum Gasteiger partial charge on any atom is -0.459 e. The van der Waals surface area contributed by atoms with Crippen LogP contribution in [-0.4, -0.2) is 36.7 Å². The van der Waals surface area contributed by atoms with Crippen LogP contribution in [0.4, 0.5) is 0 Å². The molecule has 1 saturated carbocycles. The van der Waals surface area contributed by atoms with Crippen LogP contribution in [0.15, 0.2) is 0 Å². The highest BCUT2D eigenvalue weighted by atomic mass is 16.5. The number of hydrogen-bond acceptors (Lipinski definition) is 4. The second kappa shape index (κ2) is 4.41. The molecule has 1 fully saturated rings. The third-order valence-electron chi connectivity index (χ3n) is 2.38. The summed E-state index contributed by atoms with van der Waals surface area (Å²) >= 11 is 0. The molecule has 2 N–H and O–H groups in total. The monoisotopic (exact) mass is 201 g/mol. The molecule has 1 amide bonds. The van der Waals surface area contributed by atoms with Gasteiger partial charge in [0.2, 0.25) is 0 Å². The van der Waals surface area contributed by atoms with Crippen LogP contribution in [0.25, 0.3) is 0 Å². The van der Waals surface area contributed by atoms with Gasteiger partial charge in [-0.05, 0) is 19.8 Å². The number of esters is 1. The van der Waals surface area contributed by atoms with E-state index in [0.717, 1.165) is 12.8 Å². The van der Waals surface area contributed by atoms with Gasteiger partial charge in [0.1, 0.15) is 0 Å². The molecule has 0 aromatic carbocycles. The Morgan fingerprint density at radius 2 is 2.14 bits per heavy atom. The molecule has 1 aliphatic rings. The van der Waals surface area contributed by atoms with Gasteiger partial charge >= 0.3 is 11.9 Å². The van der Waals surface area contributed by atoms with E-state index < -0.39 is 11.9 Å². The first kappa shape index (κ1) is 11.0. The molecule has 0 aliphatic heterocycles. The third-order valence-corrected chi connectivity index (χ3v) is 2.38. The van der Waals surface area contributed by atoms with Gasteiger partial charge in [-0.25, -0.2) is 4.79 Å². The predicted octanol–water partition coefficient (Wildman–Crippen LogP) is -0.562. The number of carbonyl (C=O) groups excluding carboxylic acids is 2. The van der Waals surface area contributed by atoms with Gasteiger partial charge in [-0.15, -0.1) is 0 Å². The van der Waals surface area contributed by atoms with Gasteiger partial charge in [0.05, 0.1) is 13.2 Å². The minimum atomic E-state index is -0.860. The van der Waals surface area contributed by atoms with Crippen molar-refractivity contribution in [3.63, 3.8) is 0 Å². The zero-order valence-electron chi connectivity index (χ0n) is 8.21. The summed E-state index contributed by atoms with van der Waals surface area (Å²) in [6.07, 6.45) is 1.79. The van der Waals surface area contributed by atoms with E-state index in [1.165, 1.54) is 0 Å². The average Bonchev–Trinajstić information content (AvgIpc) is 2.95. The molecule has 0 unspecified atom stereocenters. The molecule has 5 nitrogen and oxygen atoms in total. The smallest absolute Gasteiger partial charge is 0.396 e. The highest BCUT2D eigenvalue weighted by Crippen LogP contribution is 2.44. The lowest BCUT2D eigenvalue weighted by Crippen LogP contribution is -2.37. The summed E-state index contributed by atoms with van der Waals surface area (Å²) in [6, 6.07) is 0. The summed E-state index contributed by atoms with van der Waals surface area (Å²) in [5.74, 6) is -1.59. The van der Waals surface area contributed by atoms with E-state index in [9.17, 15) is 9.59 Å². The quantitative estimate of drug-likeness (QED) is 0.472. The van der Waals surface area contributed by atoms with Crippen LogP contribution in [0.5, 0.6) is 0 Å². The lowest BCUT2D eigenvalue weighted by Gasteiger charge is -2.11. The molecule has 1 rings (SSSR count). The van der Waals surface area contributed by atoms with E-state index in [2.05, 4.69) is 10.1 Å². The second-order valence-electron chi connectivity index (χ2n) is 3.56. The number of hydrogen-bond donors (Lipinski definition) is 2. The molecule has 0 spiro atoms. The van der Waals surface area contributed by atoms with Crippen molar-refractivity contribution in [1.29, 1.82) is 0 Å². The van der Waals surface area contributed by atoms with Gasteiger partial charge in [0, 0.05) is 12.0 Å². The number of aliphatic hydroxyl groups is 1. The summed E-state index contributed by atoms with van der Waals surface area (Å²) in [7, 11) is 0. The molecule has 0 saturated heterocycles. The summed E-state index contributed by atoms with van der Waals surface area (Å²) < 4.78 is 4.51. The molecule has 5 heteroatoms. The van der Waals surface area contributed by atoms with Crippen LogP contribution >= 0.6 is 0 Å². The fourth-order valence-electron chi connectivity index (χ4n) is 1.10. The van der Waals surface area contributed by atoms with Crippen LogP contribution in [0, 0.1) is 5.41 Å². The van der Waals surface area contributed by atoms with Crippen LogP contribution in [0.1, 0.15) is 19.8 Å². The number of amides is 1. The fraction of sp³-hybridized carbons (Fsp3) is 0.778. The van der Waals surface area contributed by atoms with Crippen molar-refractivity contribution in [2.75, 3.05) is 19.8 Å². The lowest BCUT2D eigenvalue weighted by atomic mass is 10.1. The van der Waals surface area contributed by atoms with Crippen molar-refractivity contribution in [3.05, 3.63) is 0 Å². The van der Waals surface area contributed by atoms with E-state index in [0.29, 0.717) is 6.54 Å². The average molecular weight is 201 g/mol. The summed E-state index contributed by atoms with van der Waals surface area (Å²) in [6.45, 7) is 2.23. The molecule has 80 valence electrons. The Labute approximate surface area is 82.4 Å². The molecule has 1 aliphatic carbocycles. The van der Waals surface area contributed by atoms with E-state index in [1.54, 1.807) is 6.92 Å². The first-order valence-electron chi connectivity index (χ1n) is 4.69. The SMILES string of the molecule is CCOC(=O)C(=O)NCC1(CO)CC1. The van der Waals surface area contributed by atoms with Gasteiger partial charge in [0.15, 0.2) is 0 Å². The Bertz CT molecular complexity index is 235. The number of rotatable bonds is 4. The Morgan fingerprint density at radius 1 is 1.50 bits per heavy atom. The normalized spacial score (nSPS) is 17.3. The maximum atomic E-state index is 11.1. The summed E-state index contributed by atoms with van der Waals surface area (Å²) in [5.41, 5.74) is -0.178. The molecule has 0 atom stereocenters. The van der Waals surface area contributed by atoms with Crippen LogP contribution in [0.3, 0.4) is 0 Å². The first-order valence-corrected chi connectivity index (χ1v) is 4.69. The van der Waals surface area contributed by atoms with E-state index in [1.807, 2.05) is 0 Å². The second-order valence-corrected chi connectivity index (χ2v) is 3.56. The van der Waals surface area contributed by atoms with E-state index in [4.69, 9.17) is 5.11 Å². The van der Waals surface area contributed by atoms with Crippen molar-refractivity contribution in [1.82, 2.24) is 5.32 Å². The molecule has 0 aromatic heterocycles. The molecular weight excluding hydrogens is 186 g/mol. The molecule has 14 heavy (non-hydrogen) atoms. The van der Waals surface area contributed by atoms with Gasteiger partial charge in [-0.3, -0.25) is 4.79 Å². The Morgan fingerprint density at radius 3 is 2.57 bits per heavy atom.